The van der Waals surface area contributed by atoms with E-state index in [9.17, 15) is 9.18 Å². The molecule has 1 amide bonds. The molecule has 2 aromatic heterocycles. The molecule has 1 saturated heterocycles. The van der Waals surface area contributed by atoms with Gasteiger partial charge >= 0.3 is 6.09 Å². The van der Waals surface area contributed by atoms with Crippen molar-refractivity contribution in [2.45, 2.75) is 32.4 Å². The number of piperidine rings is 1. The van der Waals surface area contributed by atoms with Crippen molar-refractivity contribution in [2.75, 3.05) is 43.0 Å². The predicted molar refractivity (Wildman–Crippen MR) is 145 cm³/mol. The minimum Gasteiger partial charge on any atom is -0.449 e. The molecule has 0 unspecified atom stereocenters. The minimum atomic E-state index is -0.353. The third kappa shape index (κ3) is 6.08. The molecule has 37 heavy (non-hydrogen) atoms. The third-order valence-corrected chi connectivity index (χ3v) is 7.40. The van der Waals surface area contributed by atoms with Crippen LogP contribution in [0.1, 0.15) is 25.3 Å². The molecule has 0 aliphatic carbocycles. The molecule has 5 rings (SSSR count). The number of hydrogen-bond acceptors (Lipinski definition) is 7. The molecule has 194 valence electrons. The Balaban J connectivity index is 1.21. The monoisotopic (exact) mass is 522 g/mol. The van der Waals surface area contributed by atoms with Crippen LogP contribution in [0.25, 0.3) is 11.0 Å². The van der Waals surface area contributed by atoms with E-state index in [4.69, 9.17) is 9.72 Å². The summed E-state index contributed by atoms with van der Waals surface area (Å²) in [6.45, 7) is 5.90. The van der Waals surface area contributed by atoms with E-state index in [2.05, 4.69) is 25.8 Å². The van der Waals surface area contributed by atoms with Gasteiger partial charge in [0.05, 0.1) is 24.2 Å². The molecular weight excluding hydrogens is 491 g/mol. The first-order chi connectivity index (χ1) is 18.1. The second kappa shape index (κ2) is 11.7. The van der Waals surface area contributed by atoms with Gasteiger partial charge in [0.15, 0.2) is 5.13 Å². The largest absolute Gasteiger partial charge is 0.449 e. The fraction of sp³-hybridized carbons (Fsp3) is 0.370. The highest BCUT2D eigenvalue weighted by molar-refractivity contribution is 7.13. The quantitative estimate of drug-likeness (QED) is 0.325. The highest BCUT2D eigenvalue weighted by Crippen LogP contribution is 2.24. The Morgan fingerprint density at radius 2 is 1.97 bits per heavy atom. The van der Waals surface area contributed by atoms with Crippen LogP contribution in [0.5, 0.6) is 0 Å². The molecular formula is C27H31FN6O2S. The second-order valence-electron chi connectivity index (χ2n) is 9.06. The first-order valence-electron chi connectivity index (χ1n) is 12.6. The van der Waals surface area contributed by atoms with E-state index < -0.39 is 0 Å². The van der Waals surface area contributed by atoms with Gasteiger partial charge in [0.1, 0.15) is 5.82 Å². The zero-order valence-electron chi connectivity index (χ0n) is 20.8. The van der Waals surface area contributed by atoms with Gasteiger partial charge in [-0.2, -0.15) is 0 Å². The molecule has 8 nitrogen and oxygen atoms in total. The molecule has 1 N–H and O–H groups in total. The lowest BCUT2D eigenvalue weighted by Gasteiger charge is -2.33. The number of rotatable bonds is 9. The van der Waals surface area contributed by atoms with Crippen molar-refractivity contribution in [3.8, 4) is 0 Å². The average molecular weight is 523 g/mol. The van der Waals surface area contributed by atoms with Gasteiger partial charge in [-0.15, -0.1) is 11.3 Å². The number of para-hydroxylation sites is 2. The van der Waals surface area contributed by atoms with E-state index in [-0.39, 0.29) is 11.9 Å². The van der Waals surface area contributed by atoms with Gasteiger partial charge in [0, 0.05) is 43.8 Å². The standard InChI is InChI=1S/C27H31FN6O2S/c1-2-36-27(35)33(26-29-13-18-37-26)17-16-32-14-11-22(12-15-32)30-25-31-23-5-3-4-6-24(23)34(25)19-20-7-9-21(28)10-8-20/h3-10,13,18,22H,2,11-12,14-17,19H2,1H3,(H,30,31). The summed E-state index contributed by atoms with van der Waals surface area (Å²) in [5.74, 6) is 0.600. The van der Waals surface area contributed by atoms with Crippen molar-refractivity contribution in [1.29, 1.82) is 0 Å². The number of carbonyl (C=O) groups excluding carboxylic acids is 1. The van der Waals surface area contributed by atoms with E-state index >= 15 is 0 Å². The van der Waals surface area contributed by atoms with Crippen LogP contribution in [0, 0.1) is 5.82 Å². The van der Waals surface area contributed by atoms with Crippen LogP contribution < -0.4 is 10.2 Å². The van der Waals surface area contributed by atoms with E-state index in [0.29, 0.717) is 30.9 Å². The molecule has 1 aliphatic heterocycles. The number of nitrogens with one attached hydrogen (secondary N) is 1. The van der Waals surface area contributed by atoms with Gasteiger partial charge in [-0.3, -0.25) is 4.90 Å². The van der Waals surface area contributed by atoms with Crippen molar-refractivity contribution in [3.05, 3.63) is 71.5 Å². The lowest BCUT2D eigenvalue weighted by atomic mass is 10.1. The summed E-state index contributed by atoms with van der Waals surface area (Å²) in [6, 6.07) is 15.0. The predicted octanol–water partition coefficient (Wildman–Crippen LogP) is 5.22. The fourth-order valence-corrected chi connectivity index (χ4v) is 5.32. The topological polar surface area (TPSA) is 75.5 Å². The molecule has 10 heteroatoms. The van der Waals surface area contributed by atoms with Crippen LogP contribution in [-0.4, -0.2) is 64.4 Å². The SMILES string of the molecule is CCOC(=O)N(CCN1CCC(Nc2nc3ccccc3n2Cc2ccc(F)cc2)CC1)c1nccs1. The number of halogens is 1. The molecule has 3 heterocycles. The van der Waals surface area contributed by atoms with Gasteiger partial charge in [-0.05, 0) is 49.6 Å². The molecule has 4 aromatic rings. The van der Waals surface area contributed by atoms with Gasteiger partial charge in [-0.1, -0.05) is 24.3 Å². The van der Waals surface area contributed by atoms with Gasteiger partial charge in [0.25, 0.3) is 0 Å². The maximum atomic E-state index is 13.4. The van der Waals surface area contributed by atoms with Crippen molar-refractivity contribution >= 4 is 39.5 Å². The van der Waals surface area contributed by atoms with Crippen LogP contribution in [-0.2, 0) is 11.3 Å². The smallest absolute Gasteiger partial charge is 0.416 e. The van der Waals surface area contributed by atoms with E-state index in [1.54, 1.807) is 11.1 Å². The molecule has 0 saturated carbocycles. The first-order valence-corrected chi connectivity index (χ1v) is 13.5. The molecule has 1 aliphatic rings. The zero-order valence-corrected chi connectivity index (χ0v) is 21.7. The number of ether oxygens (including phenoxy) is 1. The molecule has 0 atom stereocenters. The Morgan fingerprint density at radius 1 is 1.19 bits per heavy atom. The fourth-order valence-electron chi connectivity index (χ4n) is 4.66. The Hall–Kier alpha value is -3.50. The zero-order chi connectivity index (χ0) is 25.6. The summed E-state index contributed by atoms with van der Waals surface area (Å²) in [5.41, 5.74) is 3.01. The summed E-state index contributed by atoms with van der Waals surface area (Å²) in [5, 5.41) is 6.20. The molecule has 0 radical (unpaired) electrons. The minimum absolute atomic E-state index is 0.235. The number of thiazole rings is 1. The third-order valence-electron chi connectivity index (χ3n) is 6.61. The maximum Gasteiger partial charge on any atom is 0.416 e. The van der Waals surface area contributed by atoms with Gasteiger partial charge in [-0.25, -0.2) is 19.2 Å². The average Bonchev–Trinajstić information content (AvgIpc) is 3.55. The van der Waals surface area contributed by atoms with Gasteiger partial charge < -0.3 is 19.5 Å². The summed E-state index contributed by atoms with van der Waals surface area (Å²) in [6.07, 6.45) is 3.29. The number of amides is 1. The Bertz CT molecular complexity index is 1300. The van der Waals surface area contributed by atoms with Gasteiger partial charge in [0.2, 0.25) is 5.95 Å². The number of benzene rings is 2. The highest BCUT2D eigenvalue weighted by Gasteiger charge is 2.24. The number of imidazole rings is 1. The lowest BCUT2D eigenvalue weighted by molar-refractivity contribution is 0.157. The Labute approximate surface area is 219 Å². The van der Waals surface area contributed by atoms with Crippen LogP contribution in [0.15, 0.2) is 60.1 Å². The number of aromatic nitrogens is 3. The maximum absolute atomic E-state index is 13.4. The van der Waals surface area contributed by atoms with Crippen LogP contribution in [0.3, 0.4) is 0 Å². The Morgan fingerprint density at radius 3 is 2.70 bits per heavy atom. The molecule has 1 fully saturated rings. The van der Waals surface area contributed by atoms with Crippen molar-refractivity contribution in [2.24, 2.45) is 0 Å². The van der Waals surface area contributed by atoms with Crippen molar-refractivity contribution < 1.29 is 13.9 Å². The highest BCUT2D eigenvalue weighted by atomic mass is 32.1. The number of hydrogen-bond donors (Lipinski definition) is 1. The molecule has 2 aromatic carbocycles. The summed E-state index contributed by atoms with van der Waals surface area (Å²) in [7, 11) is 0. The summed E-state index contributed by atoms with van der Waals surface area (Å²) >= 11 is 1.44. The summed E-state index contributed by atoms with van der Waals surface area (Å²) < 4.78 is 20.8. The number of fused-ring (bicyclic) bond motifs is 1. The van der Waals surface area contributed by atoms with E-state index in [0.717, 1.165) is 55.0 Å². The lowest BCUT2D eigenvalue weighted by Crippen LogP contribution is -2.44. The first kappa shape index (κ1) is 25.2. The number of carbonyl (C=O) groups is 1. The van der Waals surface area contributed by atoms with E-state index in [1.807, 2.05) is 42.6 Å². The van der Waals surface area contributed by atoms with E-state index in [1.165, 1.54) is 23.5 Å². The van der Waals surface area contributed by atoms with Crippen LogP contribution >= 0.6 is 11.3 Å². The number of likely N-dealkylation sites (tertiary alicyclic amines) is 1. The number of anilines is 2. The summed E-state index contributed by atoms with van der Waals surface area (Å²) in [4.78, 5) is 25.6. The number of nitrogens with zero attached hydrogens (tertiary/aromatic N) is 5. The van der Waals surface area contributed by atoms with Crippen molar-refractivity contribution in [1.82, 2.24) is 19.4 Å². The molecule has 0 spiro atoms. The normalized spacial score (nSPS) is 14.6. The molecule has 0 bridgehead atoms. The Kier molecular flexibility index (Phi) is 7.96. The second-order valence-corrected chi connectivity index (χ2v) is 9.94. The van der Waals surface area contributed by atoms with Crippen molar-refractivity contribution in [3.63, 3.8) is 0 Å². The van der Waals surface area contributed by atoms with Crippen LogP contribution in [0.2, 0.25) is 0 Å². The van der Waals surface area contributed by atoms with Crippen LogP contribution in [0.4, 0.5) is 20.3 Å².